The van der Waals surface area contributed by atoms with Crippen LogP contribution in [0.3, 0.4) is 0 Å². The van der Waals surface area contributed by atoms with Crippen molar-refractivity contribution < 1.29 is 9.32 Å². The van der Waals surface area contributed by atoms with Gasteiger partial charge < -0.3 is 9.42 Å². The van der Waals surface area contributed by atoms with Crippen LogP contribution in [0.5, 0.6) is 0 Å². The Bertz CT molecular complexity index is 636. The van der Waals surface area contributed by atoms with E-state index in [1.54, 1.807) is 6.07 Å². The molecule has 1 aliphatic carbocycles. The normalized spacial score (nSPS) is 21.5. The minimum Gasteiger partial charge on any atom is -0.355 e. The highest BCUT2D eigenvalue weighted by molar-refractivity contribution is 5.93. The van der Waals surface area contributed by atoms with E-state index in [0.717, 1.165) is 12.0 Å². The van der Waals surface area contributed by atoms with Crippen molar-refractivity contribution in [3.63, 3.8) is 0 Å². The van der Waals surface area contributed by atoms with Gasteiger partial charge in [0.2, 0.25) is 0 Å². The molecule has 116 valence electrons. The monoisotopic (exact) mass is 298 g/mol. The van der Waals surface area contributed by atoms with Gasteiger partial charge in [0, 0.05) is 24.7 Å². The maximum Gasteiger partial charge on any atom is 0.276 e. The molecule has 0 bridgehead atoms. The predicted octanol–water partition coefficient (Wildman–Crippen LogP) is 3.99. The van der Waals surface area contributed by atoms with Crippen molar-refractivity contribution in [2.45, 2.75) is 38.6 Å². The van der Waals surface area contributed by atoms with Crippen LogP contribution in [0.4, 0.5) is 0 Å². The highest BCUT2D eigenvalue weighted by Gasteiger charge is 2.29. The second-order valence-electron chi connectivity index (χ2n) is 6.19. The van der Waals surface area contributed by atoms with Crippen molar-refractivity contribution in [2.24, 2.45) is 5.92 Å². The van der Waals surface area contributed by atoms with Gasteiger partial charge in [0.25, 0.3) is 5.91 Å². The van der Waals surface area contributed by atoms with Gasteiger partial charge in [-0.3, -0.25) is 4.79 Å². The van der Waals surface area contributed by atoms with E-state index >= 15 is 0 Å². The molecule has 0 N–H and O–H groups in total. The van der Waals surface area contributed by atoms with E-state index in [4.69, 9.17) is 4.52 Å². The van der Waals surface area contributed by atoms with Gasteiger partial charge in [0.1, 0.15) is 0 Å². The Balaban J connectivity index is 1.76. The van der Waals surface area contributed by atoms with Crippen LogP contribution in [-0.2, 0) is 0 Å². The van der Waals surface area contributed by atoms with Crippen molar-refractivity contribution >= 4 is 5.91 Å². The average Bonchev–Trinajstić information content (AvgIpc) is 3.05. The second kappa shape index (κ2) is 6.34. The number of amides is 1. The summed E-state index contributed by atoms with van der Waals surface area (Å²) < 4.78 is 5.34. The Morgan fingerprint density at radius 1 is 1.23 bits per heavy atom. The van der Waals surface area contributed by atoms with Crippen LogP contribution in [0.2, 0.25) is 0 Å². The van der Waals surface area contributed by atoms with E-state index in [1.807, 2.05) is 42.3 Å². The first-order chi connectivity index (χ1) is 10.7. The smallest absolute Gasteiger partial charge is 0.276 e. The van der Waals surface area contributed by atoms with E-state index in [9.17, 15) is 4.79 Å². The molecule has 4 nitrogen and oxygen atoms in total. The molecule has 0 aliphatic heterocycles. The fourth-order valence-corrected chi connectivity index (χ4v) is 3.32. The molecule has 0 radical (unpaired) electrons. The van der Waals surface area contributed by atoms with Crippen molar-refractivity contribution in [2.75, 3.05) is 7.05 Å². The number of hydrogen-bond donors (Lipinski definition) is 0. The largest absolute Gasteiger partial charge is 0.355 e. The molecule has 1 aromatic heterocycles. The Morgan fingerprint density at radius 3 is 2.68 bits per heavy atom. The van der Waals surface area contributed by atoms with Crippen LogP contribution >= 0.6 is 0 Å². The number of benzene rings is 1. The van der Waals surface area contributed by atoms with Crippen molar-refractivity contribution in [3.8, 4) is 11.3 Å². The van der Waals surface area contributed by atoms with Crippen LogP contribution in [0.15, 0.2) is 40.9 Å². The number of carbonyl (C=O) groups is 1. The Labute approximate surface area is 131 Å². The van der Waals surface area contributed by atoms with Gasteiger partial charge in [0.15, 0.2) is 11.5 Å². The Kier molecular flexibility index (Phi) is 4.27. The molecule has 2 unspecified atom stereocenters. The minimum atomic E-state index is -0.0512. The van der Waals surface area contributed by atoms with E-state index in [0.29, 0.717) is 23.4 Å². The number of carbonyl (C=O) groups excluding carboxylic acids is 1. The lowest BCUT2D eigenvalue weighted by atomic mass is 9.85. The molecule has 4 heteroatoms. The van der Waals surface area contributed by atoms with Gasteiger partial charge in [0.05, 0.1) is 0 Å². The summed E-state index contributed by atoms with van der Waals surface area (Å²) in [6.45, 7) is 2.23. The molecule has 2 atom stereocenters. The number of rotatable bonds is 3. The van der Waals surface area contributed by atoms with Crippen LogP contribution in [0.1, 0.15) is 43.1 Å². The lowest BCUT2D eigenvalue weighted by Crippen LogP contribution is -2.42. The molecule has 0 spiro atoms. The lowest BCUT2D eigenvalue weighted by Gasteiger charge is -2.35. The standard InChI is InChI=1S/C18H22N2O2/c1-13-8-6-7-11-16(13)20(2)18(21)15-12-17(22-19-15)14-9-4-3-5-10-14/h3-5,9-10,12-13,16H,6-8,11H2,1-2H3. The summed E-state index contributed by atoms with van der Waals surface area (Å²) >= 11 is 0. The molecule has 1 heterocycles. The van der Waals surface area contributed by atoms with Crippen LogP contribution in [0.25, 0.3) is 11.3 Å². The molecule has 1 saturated carbocycles. The van der Waals surface area contributed by atoms with Gasteiger partial charge in [-0.2, -0.15) is 0 Å². The maximum absolute atomic E-state index is 12.6. The lowest BCUT2D eigenvalue weighted by molar-refractivity contribution is 0.0619. The van der Waals surface area contributed by atoms with Crippen LogP contribution in [-0.4, -0.2) is 29.1 Å². The molecule has 1 fully saturated rings. The Hall–Kier alpha value is -2.10. The molecule has 1 aromatic carbocycles. The highest BCUT2D eigenvalue weighted by Crippen LogP contribution is 2.28. The van der Waals surface area contributed by atoms with E-state index in [2.05, 4.69) is 12.1 Å². The number of aromatic nitrogens is 1. The molecular formula is C18H22N2O2. The highest BCUT2D eigenvalue weighted by atomic mass is 16.5. The van der Waals surface area contributed by atoms with Crippen LogP contribution < -0.4 is 0 Å². The first-order valence-electron chi connectivity index (χ1n) is 7.96. The number of hydrogen-bond acceptors (Lipinski definition) is 3. The summed E-state index contributed by atoms with van der Waals surface area (Å²) in [7, 11) is 1.88. The van der Waals surface area contributed by atoms with Gasteiger partial charge in [-0.1, -0.05) is 55.3 Å². The first-order valence-corrected chi connectivity index (χ1v) is 7.96. The third-order valence-corrected chi connectivity index (χ3v) is 4.67. The zero-order valence-corrected chi connectivity index (χ0v) is 13.2. The topological polar surface area (TPSA) is 46.3 Å². The van der Waals surface area contributed by atoms with Crippen LogP contribution in [0, 0.1) is 5.92 Å². The van der Waals surface area contributed by atoms with Gasteiger partial charge >= 0.3 is 0 Å². The van der Waals surface area contributed by atoms with Gasteiger partial charge in [-0.05, 0) is 18.8 Å². The average molecular weight is 298 g/mol. The summed E-state index contributed by atoms with van der Waals surface area (Å²) in [5, 5.41) is 3.97. The van der Waals surface area contributed by atoms with E-state index in [1.165, 1.54) is 19.3 Å². The molecule has 1 aliphatic rings. The first kappa shape index (κ1) is 14.8. The molecule has 0 saturated heterocycles. The summed E-state index contributed by atoms with van der Waals surface area (Å²) in [6, 6.07) is 11.8. The van der Waals surface area contributed by atoms with Gasteiger partial charge in [-0.25, -0.2) is 0 Å². The third kappa shape index (κ3) is 2.91. The fourth-order valence-electron chi connectivity index (χ4n) is 3.32. The SMILES string of the molecule is CC1CCCCC1N(C)C(=O)c1cc(-c2ccccc2)on1. The summed E-state index contributed by atoms with van der Waals surface area (Å²) in [4.78, 5) is 14.5. The second-order valence-corrected chi connectivity index (χ2v) is 6.19. The quantitative estimate of drug-likeness (QED) is 0.860. The number of nitrogens with zero attached hydrogens (tertiary/aromatic N) is 2. The predicted molar refractivity (Wildman–Crippen MR) is 85.5 cm³/mol. The minimum absolute atomic E-state index is 0.0512. The summed E-state index contributed by atoms with van der Waals surface area (Å²) in [5.74, 6) is 1.13. The summed E-state index contributed by atoms with van der Waals surface area (Å²) in [6.07, 6.45) is 4.73. The van der Waals surface area contributed by atoms with Crippen molar-refractivity contribution in [1.82, 2.24) is 10.1 Å². The van der Waals surface area contributed by atoms with Gasteiger partial charge in [-0.15, -0.1) is 0 Å². The zero-order valence-electron chi connectivity index (χ0n) is 13.2. The molecular weight excluding hydrogens is 276 g/mol. The van der Waals surface area contributed by atoms with E-state index in [-0.39, 0.29) is 5.91 Å². The molecule has 22 heavy (non-hydrogen) atoms. The van der Waals surface area contributed by atoms with Crippen molar-refractivity contribution in [3.05, 3.63) is 42.1 Å². The molecule has 1 amide bonds. The summed E-state index contributed by atoms with van der Waals surface area (Å²) in [5.41, 5.74) is 1.32. The fraction of sp³-hybridized carbons (Fsp3) is 0.444. The third-order valence-electron chi connectivity index (χ3n) is 4.67. The maximum atomic E-state index is 12.6. The zero-order chi connectivity index (χ0) is 15.5. The van der Waals surface area contributed by atoms with Crippen molar-refractivity contribution in [1.29, 1.82) is 0 Å². The Morgan fingerprint density at radius 2 is 1.95 bits per heavy atom. The molecule has 3 rings (SSSR count). The van der Waals surface area contributed by atoms with E-state index < -0.39 is 0 Å². The molecule has 2 aromatic rings.